The lowest BCUT2D eigenvalue weighted by molar-refractivity contribution is -0.193. The monoisotopic (exact) mass is 767 g/mol. The summed E-state index contributed by atoms with van der Waals surface area (Å²) in [4.78, 5) is 45.0. The fourth-order valence-corrected chi connectivity index (χ4v) is 4.37. The molecule has 2 aliphatic heterocycles. The van der Waals surface area contributed by atoms with Crippen LogP contribution in [0.3, 0.4) is 0 Å². The fourth-order valence-electron chi connectivity index (χ4n) is 4.37. The van der Waals surface area contributed by atoms with E-state index < -0.39 is 48.6 Å². The molecule has 2 aromatic heterocycles. The van der Waals surface area contributed by atoms with E-state index in [1.807, 2.05) is 30.7 Å². The molecule has 4 rings (SSSR count). The van der Waals surface area contributed by atoms with Crippen LogP contribution in [0.2, 0.25) is 0 Å². The minimum absolute atomic E-state index is 0.614. The van der Waals surface area contributed by atoms with Gasteiger partial charge in [0.05, 0.1) is 6.54 Å². The molecule has 25 heteroatoms. The summed E-state index contributed by atoms with van der Waals surface area (Å²) in [7, 11) is 2.30. The Kier molecular flexibility index (Phi) is 17.8. The number of alkyl halides is 12. The average Bonchev–Trinajstić information content (AvgIpc) is 3.60. The quantitative estimate of drug-likeness (QED) is 0.322. The van der Waals surface area contributed by atoms with E-state index in [0.29, 0.717) is 6.04 Å². The molecular formula is C26H29F12N5O8. The smallest absolute Gasteiger partial charge is 0.475 e. The van der Waals surface area contributed by atoms with Gasteiger partial charge in [0.2, 0.25) is 0 Å². The first-order valence-corrected chi connectivity index (χ1v) is 13.6. The van der Waals surface area contributed by atoms with Gasteiger partial charge in [0, 0.05) is 50.0 Å². The van der Waals surface area contributed by atoms with E-state index in [1.54, 1.807) is 0 Å². The minimum Gasteiger partial charge on any atom is -0.475 e. The van der Waals surface area contributed by atoms with Crippen LogP contribution in [-0.4, -0.2) is 126 Å². The highest BCUT2D eigenvalue weighted by molar-refractivity contribution is 5.74. The molecule has 3 atom stereocenters. The van der Waals surface area contributed by atoms with Crippen LogP contribution in [0.4, 0.5) is 52.7 Å². The third-order valence-electron chi connectivity index (χ3n) is 6.51. The zero-order valence-electron chi connectivity index (χ0n) is 25.7. The van der Waals surface area contributed by atoms with Crippen molar-refractivity contribution in [2.75, 3.05) is 20.1 Å². The second kappa shape index (κ2) is 19.6. The highest BCUT2D eigenvalue weighted by Crippen LogP contribution is 2.35. The predicted molar refractivity (Wildman–Crippen MR) is 145 cm³/mol. The first-order chi connectivity index (χ1) is 23.1. The van der Waals surface area contributed by atoms with Gasteiger partial charge in [-0.2, -0.15) is 57.8 Å². The van der Waals surface area contributed by atoms with Crippen LogP contribution >= 0.6 is 0 Å². The highest BCUT2D eigenvalue weighted by Gasteiger charge is 2.42. The Labute approximate surface area is 278 Å². The van der Waals surface area contributed by atoms with E-state index in [-0.39, 0.29) is 0 Å². The number of likely N-dealkylation sites (N-methyl/N-ethyl adjacent to an activating group) is 1. The van der Waals surface area contributed by atoms with Gasteiger partial charge in [-0.15, -0.1) is 0 Å². The van der Waals surface area contributed by atoms with Crippen molar-refractivity contribution in [3.8, 4) is 0 Å². The molecule has 0 saturated carbocycles. The molecule has 0 bridgehead atoms. The number of aromatic nitrogens is 3. The van der Waals surface area contributed by atoms with E-state index in [9.17, 15) is 52.7 Å². The molecule has 13 nitrogen and oxygen atoms in total. The number of rotatable bonds is 4. The molecule has 0 amide bonds. The molecule has 1 unspecified atom stereocenters. The minimum atomic E-state index is -5.08. The zero-order valence-corrected chi connectivity index (χ0v) is 25.7. The van der Waals surface area contributed by atoms with Gasteiger partial charge in [-0.25, -0.2) is 19.2 Å². The topological polar surface area (TPSA) is 186 Å². The number of pyridine rings is 1. The van der Waals surface area contributed by atoms with Crippen molar-refractivity contribution in [3.05, 3.63) is 48.5 Å². The van der Waals surface area contributed by atoms with Gasteiger partial charge in [0.15, 0.2) is 0 Å². The normalized spacial score (nSPS) is 19.2. The van der Waals surface area contributed by atoms with E-state index in [1.165, 1.54) is 31.5 Å². The van der Waals surface area contributed by atoms with Gasteiger partial charge in [-0.3, -0.25) is 19.5 Å². The molecule has 4 heterocycles. The Balaban J connectivity index is 0.000000737. The van der Waals surface area contributed by atoms with Crippen LogP contribution in [0.1, 0.15) is 18.4 Å². The van der Waals surface area contributed by atoms with Crippen molar-refractivity contribution in [1.82, 2.24) is 24.6 Å². The number of likely N-dealkylation sites (tertiary alicyclic amines) is 2. The van der Waals surface area contributed by atoms with Crippen molar-refractivity contribution in [2.24, 2.45) is 5.92 Å². The summed E-state index contributed by atoms with van der Waals surface area (Å²) in [6.07, 6.45) is -9.99. The molecular weight excluding hydrogens is 738 g/mol. The summed E-state index contributed by atoms with van der Waals surface area (Å²) in [5.74, 6) is -10.2. The van der Waals surface area contributed by atoms with Crippen LogP contribution in [-0.2, 0) is 32.3 Å². The third-order valence-corrected chi connectivity index (χ3v) is 6.51. The maximum absolute atomic E-state index is 10.6. The summed E-state index contributed by atoms with van der Waals surface area (Å²) in [6, 6.07) is 7.58. The molecule has 2 fully saturated rings. The molecule has 2 aliphatic rings. The maximum Gasteiger partial charge on any atom is 0.490 e. The lowest BCUT2D eigenvalue weighted by Crippen LogP contribution is -2.45. The Hall–Kier alpha value is -4.68. The van der Waals surface area contributed by atoms with Gasteiger partial charge in [0.1, 0.15) is 0 Å². The maximum atomic E-state index is 10.6. The molecule has 51 heavy (non-hydrogen) atoms. The SMILES string of the molecule is CN1C(Cn2cccn2)C[C@@H]2CN(Cc3cccnc3)CC[C@@H]21.O=C(O)C(F)(F)F.O=C(O)C(F)(F)F.O=C(O)C(F)(F)F.O=C(O)C(F)(F)F. The van der Waals surface area contributed by atoms with E-state index >= 15 is 0 Å². The molecule has 0 aromatic carbocycles. The van der Waals surface area contributed by atoms with E-state index in [0.717, 1.165) is 25.0 Å². The number of nitrogens with zero attached hydrogens (tertiary/aromatic N) is 5. The molecule has 0 aliphatic carbocycles. The molecule has 0 spiro atoms. The number of hydrogen-bond donors (Lipinski definition) is 4. The summed E-state index contributed by atoms with van der Waals surface area (Å²) in [5.41, 5.74) is 1.32. The molecule has 2 aromatic rings. The molecule has 4 N–H and O–H groups in total. The predicted octanol–water partition coefficient (Wildman–Crippen LogP) is 4.41. The van der Waals surface area contributed by atoms with Crippen molar-refractivity contribution >= 4 is 23.9 Å². The van der Waals surface area contributed by atoms with Crippen molar-refractivity contribution in [2.45, 2.75) is 62.7 Å². The summed E-state index contributed by atoms with van der Waals surface area (Å²) in [5, 5.41) is 32.9. The number of carboxylic acids is 4. The van der Waals surface area contributed by atoms with Crippen LogP contribution in [0.15, 0.2) is 43.0 Å². The van der Waals surface area contributed by atoms with E-state index in [4.69, 9.17) is 39.6 Å². The number of hydrogen-bond acceptors (Lipinski definition) is 8. The second-order valence-electron chi connectivity index (χ2n) is 10.2. The largest absolute Gasteiger partial charge is 0.490 e. The molecule has 290 valence electrons. The first-order valence-electron chi connectivity index (χ1n) is 13.6. The number of piperidine rings is 1. The lowest BCUT2D eigenvalue weighted by atomic mass is 9.92. The van der Waals surface area contributed by atoms with Crippen molar-refractivity contribution in [3.63, 3.8) is 0 Å². The Bertz CT molecular complexity index is 1280. The first kappa shape index (κ1) is 46.3. The van der Waals surface area contributed by atoms with Crippen LogP contribution in [0, 0.1) is 5.92 Å². The summed E-state index contributed by atoms with van der Waals surface area (Å²) < 4.78 is 129. The standard InChI is InChI=1S/C18H25N5.4C2HF3O2/c1-21-17(14-23-8-3-7-20-23)10-16-13-22(9-5-18(16)21)12-15-4-2-6-19-11-15;4*3-2(4,5)1(6)7/h2-4,6-8,11,16-18H,5,9-10,12-14H2,1H3;4*(H,6,7)/t16-,17?,18+;;;;/m1..../s1. The summed E-state index contributed by atoms with van der Waals surface area (Å²) >= 11 is 0. The van der Waals surface area contributed by atoms with Gasteiger partial charge in [-0.1, -0.05) is 6.07 Å². The lowest BCUT2D eigenvalue weighted by Gasteiger charge is -2.37. The number of halogens is 12. The van der Waals surface area contributed by atoms with Crippen LogP contribution < -0.4 is 0 Å². The Morgan fingerprint density at radius 2 is 1.22 bits per heavy atom. The average molecular weight is 768 g/mol. The molecule has 0 radical (unpaired) electrons. The Morgan fingerprint density at radius 3 is 1.57 bits per heavy atom. The highest BCUT2D eigenvalue weighted by atomic mass is 19.4. The number of fused-ring (bicyclic) bond motifs is 1. The van der Waals surface area contributed by atoms with Gasteiger partial charge in [-0.05, 0) is 50.0 Å². The van der Waals surface area contributed by atoms with Gasteiger partial charge in [0.25, 0.3) is 0 Å². The third kappa shape index (κ3) is 18.8. The number of carboxylic acid groups (broad SMARTS) is 4. The zero-order chi connectivity index (χ0) is 40.0. The number of carbonyl (C=O) groups is 4. The second-order valence-corrected chi connectivity index (χ2v) is 10.2. The van der Waals surface area contributed by atoms with Gasteiger partial charge >= 0.3 is 48.6 Å². The van der Waals surface area contributed by atoms with E-state index in [2.05, 4.69) is 43.9 Å². The Morgan fingerprint density at radius 1 is 0.765 bits per heavy atom. The molecule has 2 saturated heterocycles. The van der Waals surface area contributed by atoms with Crippen molar-refractivity contribution in [1.29, 1.82) is 0 Å². The number of aliphatic carboxylic acids is 4. The fraction of sp³-hybridized carbons (Fsp3) is 0.538. The summed E-state index contributed by atoms with van der Waals surface area (Å²) in [6.45, 7) is 4.44. The van der Waals surface area contributed by atoms with Crippen molar-refractivity contribution < 1.29 is 92.3 Å². The van der Waals surface area contributed by atoms with Crippen LogP contribution in [0.25, 0.3) is 0 Å². The van der Waals surface area contributed by atoms with Crippen LogP contribution in [0.5, 0.6) is 0 Å². The van der Waals surface area contributed by atoms with Gasteiger partial charge < -0.3 is 20.4 Å².